The van der Waals surface area contributed by atoms with E-state index < -0.39 is 0 Å². The van der Waals surface area contributed by atoms with E-state index in [1.165, 1.54) is 12.5 Å². The Labute approximate surface area is 137 Å². The summed E-state index contributed by atoms with van der Waals surface area (Å²) in [4.78, 5) is 30.2. The maximum atomic E-state index is 12.1. The number of methoxy groups -OCH3 is 1. The second kappa shape index (κ2) is 5.68. The molecule has 0 saturated carbocycles. The van der Waals surface area contributed by atoms with Gasteiger partial charge in [0.15, 0.2) is 5.65 Å². The molecular formula is C15H17N7O2. The van der Waals surface area contributed by atoms with Crippen LogP contribution >= 0.6 is 0 Å². The van der Waals surface area contributed by atoms with Gasteiger partial charge in [-0.3, -0.25) is 14.4 Å². The first-order chi connectivity index (χ1) is 11.7. The molecule has 4 rings (SSSR count). The Bertz CT molecular complexity index is 948. The monoisotopic (exact) mass is 327 g/mol. The summed E-state index contributed by atoms with van der Waals surface area (Å²) in [5.41, 5.74) is 2.44. The number of aryl methyl sites for hydroxylation is 1. The molecular weight excluding hydrogens is 310 g/mol. The zero-order valence-electron chi connectivity index (χ0n) is 13.5. The van der Waals surface area contributed by atoms with Crippen LogP contribution in [0, 0.1) is 0 Å². The van der Waals surface area contributed by atoms with E-state index >= 15 is 0 Å². The van der Waals surface area contributed by atoms with Crippen LogP contribution < -0.4 is 10.3 Å². The standard InChI is InChI=1S/C15H17N7O2/c1-21-13-9(5-18-21)14(23)20-12(19-13)7-22-4-3-11-10(6-22)15(24-2)17-8-16-11/h5,8H,3-4,6-7H2,1-2H3,(H,19,20,23). The van der Waals surface area contributed by atoms with Crippen molar-refractivity contribution in [3.05, 3.63) is 40.0 Å². The fraction of sp³-hybridized carbons (Fsp3) is 0.400. The predicted octanol–water partition coefficient (Wildman–Crippen LogP) is 0.0135. The number of H-pyrrole nitrogens is 1. The molecule has 0 saturated heterocycles. The highest BCUT2D eigenvalue weighted by molar-refractivity contribution is 5.72. The van der Waals surface area contributed by atoms with Gasteiger partial charge in [-0.15, -0.1) is 0 Å². The van der Waals surface area contributed by atoms with E-state index in [9.17, 15) is 4.79 Å². The van der Waals surface area contributed by atoms with Crippen LogP contribution in [0.2, 0.25) is 0 Å². The summed E-state index contributed by atoms with van der Waals surface area (Å²) in [6.45, 7) is 2.03. The summed E-state index contributed by atoms with van der Waals surface area (Å²) < 4.78 is 6.94. The Kier molecular flexibility index (Phi) is 3.49. The molecule has 1 aliphatic rings. The third kappa shape index (κ3) is 2.42. The van der Waals surface area contributed by atoms with E-state index in [1.54, 1.807) is 18.8 Å². The van der Waals surface area contributed by atoms with Crippen LogP contribution in [0.4, 0.5) is 0 Å². The number of ether oxygens (including phenoxy) is 1. The SMILES string of the molecule is COc1ncnc2c1CN(Cc1nc3c(cnn3C)c(=O)[nH]1)CC2. The molecule has 0 spiro atoms. The van der Waals surface area contributed by atoms with Crippen LogP contribution in [0.5, 0.6) is 5.88 Å². The summed E-state index contributed by atoms with van der Waals surface area (Å²) in [6, 6.07) is 0. The molecule has 0 amide bonds. The number of hydrogen-bond acceptors (Lipinski definition) is 7. The topological polar surface area (TPSA) is 102 Å². The largest absolute Gasteiger partial charge is 0.481 e. The quantitative estimate of drug-likeness (QED) is 0.723. The summed E-state index contributed by atoms with van der Waals surface area (Å²) in [6.07, 6.45) is 3.87. The van der Waals surface area contributed by atoms with Gasteiger partial charge in [0.25, 0.3) is 5.56 Å². The molecule has 0 radical (unpaired) electrons. The maximum absolute atomic E-state index is 12.1. The molecule has 9 heteroatoms. The van der Waals surface area contributed by atoms with Crippen LogP contribution in [0.25, 0.3) is 11.0 Å². The lowest BCUT2D eigenvalue weighted by Gasteiger charge is -2.27. The zero-order chi connectivity index (χ0) is 16.7. The van der Waals surface area contributed by atoms with Crippen molar-refractivity contribution in [2.45, 2.75) is 19.5 Å². The Balaban J connectivity index is 1.62. The van der Waals surface area contributed by atoms with Gasteiger partial charge in [-0.2, -0.15) is 5.10 Å². The molecule has 0 aliphatic carbocycles. The lowest BCUT2D eigenvalue weighted by molar-refractivity contribution is 0.230. The average Bonchev–Trinajstić information content (AvgIpc) is 2.96. The van der Waals surface area contributed by atoms with Gasteiger partial charge in [-0.1, -0.05) is 0 Å². The summed E-state index contributed by atoms with van der Waals surface area (Å²) >= 11 is 0. The average molecular weight is 327 g/mol. The predicted molar refractivity (Wildman–Crippen MR) is 85.5 cm³/mol. The number of aromatic amines is 1. The second-order valence-corrected chi connectivity index (χ2v) is 5.79. The lowest BCUT2D eigenvalue weighted by Crippen LogP contribution is -2.32. The number of hydrogen-bond donors (Lipinski definition) is 1. The van der Waals surface area contributed by atoms with Crippen LogP contribution in [-0.2, 0) is 26.6 Å². The molecule has 124 valence electrons. The minimum absolute atomic E-state index is 0.165. The van der Waals surface area contributed by atoms with Crippen LogP contribution in [0.15, 0.2) is 17.3 Å². The molecule has 3 aromatic heterocycles. The van der Waals surface area contributed by atoms with Gasteiger partial charge in [0.05, 0.1) is 25.5 Å². The van der Waals surface area contributed by atoms with Crippen LogP contribution in [-0.4, -0.2) is 48.3 Å². The minimum Gasteiger partial charge on any atom is -0.481 e. The molecule has 0 unspecified atom stereocenters. The van der Waals surface area contributed by atoms with Gasteiger partial charge in [0.1, 0.15) is 17.5 Å². The molecule has 9 nitrogen and oxygen atoms in total. The van der Waals surface area contributed by atoms with E-state index in [0.29, 0.717) is 35.8 Å². The Morgan fingerprint density at radius 2 is 2.25 bits per heavy atom. The van der Waals surface area contributed by atoms with Gasteiger partial charge in [-0.05, 0) is 0 Å². The number of fused-ring (bicyclic) bond motifs is 2. The molecule has 24 heavy (non-hydrogen) atoms. The first-order valence-corrected chi connectivity index (χ1v) is 7.65. The van der Waals surface area contributed by atoms with Crippen molar-refractivity contribution in [3.63, 3.8) is 0 Å². The first-order valence-electron chi connectivity index (χ1n) is 7.65. The van der Waals surface area contributed by atoms with E-state index in [4.69, 9.17) is 4.74 Å². The van der Waals surface area contributed by atoms with E-state index in [-0.39, 0.29) is 5.56 Å². The third-order valence-corrected chi connectivity index (χ3v) is 4.26. The lowest BCUT2D eigenvalue weighted by atomic mass is 10.1. The molecule has 1 aliphatic heterocycles. The molecule has 3 aromatic rings. The highest BCUT2D eigenvalue weighted by Crippen LogP contribution is 2.24. The van der Waals surface area contributed by atoms with E-state index in [2.05, 4.69) is 29.9 Å². The Hall–Kier alpha value is -2.81. The summed E-state index contributed by atoms with van der Waals surface area (Å²) in [7, 11) is 3.38. The van der Waals surface area contributed by atoms with Gasteiger partial charge in [0.2, 0.25) is 5.88 Å². The van der Waals surface area contributed by atoms with Crippen molar-refractivity contribution in [3.8, 4) is 5.88 Å². The maximum Gasteiger partial charge on any atom is 0.262 e. The summed E-state index contributed by atoms with van der Waals surface area (Å²) in [5.74, 6) is 1.23. The number of nitrogens with zero attached hydrogens (tertiary/aromatic N) is 6. The van der Waals surface area contributed by atoms with Crippen molar-refractivity contribution in [1.29, 1.82) is 0 Å². The molecule has 0 aromatic carbocycles. The van der Waals surface area contributed by atoms with Crippen molar-refractivity contribution >= 4 is 11.0 Å². The number of rotatable bonds is 3. The highest BCUT2D eigenvalue weighted by Gasteiger charge is 2.22. The smallest absolute Gasteiger partial charge is 0.262 e. The zero-order valence-corrected chi connectivity index (χ0v) is 13.5. The molecule has 0 bridgehead atoms. The van der Waals surface area contributed by atoms with Crippen molar-refractivity contribution < 1.29 is 4.74 Å². The van der Waals surface area contributed by atoms with Gasteiger partial charge >= 0.3 is 0 Å². The fourth-order valence-corrected chi connectivity index (χ4v) is 3.05. The highest BCUT2D eigenvalue weighted by atomic mass is 16.5. The summed E-state index contributed by atoms with van der Waals surface area (Å²) in [5, 5.41) is 4.58. The molecule has 1 N–H and O–H groups in total. The Morgan fingerprint density at radius 3 is 3.08 bits per heavy atom. The normalized spacial score (nSPS) is 14.8. The van der Waals surface area contributed by atoms with Crippen molar-refractivity contribution in [2.75, 3.05) is 13.7 Å². The molecule has 0 atom stereocenters. The minimum atomic E-state index is -0.165. The van der Waals surface area contributed by atoms with E-state index in [1.807, 2.05) is 0 Å². The first kappa shape index (κ1) is 14.8. The Morgan fingerprint density at radius 1 is 1.38 bits per heavy atom. The van der Waals surface area contributed by atoms with Crippen molar-refractivity contribution in [1.82, 2.24) is 34.6 Å². The van der Waals surface area contributed by atoms with Gasteiger partial charge in [-0.25, -0.2) is 15.0 Å². The second-order valence-electron chi connectivity index (χ2n) is 5.79. The van der Waals surface area contributed by atoms with Crippen LogP contribution in [0.1, 0.15) is 17.1 Å². The number of nitrogens with one attached hydrogen (secondary N) is 1. The molecule has 4 heterocycles. The van der Waals surface area contributed by atoms with Gasteiger partial charge in [0, 0.05) is 32.1 Å². The number of aromatic nitrogens is 6. The van der Waals surface area contributed by atoms with Crippen LogP contribution in [0.3, 0.4) is 0 Å². The van der Waals surface area contributed by atoms with Crippen molar-refractivity contribution in [2.24, 2.45) is 7.05 Å². The van der Waals surface area contributed by atoms with Gasteiger partial charge < -0.3 is 9.72 Å². The van der Waals surface area contributed by atoms with E-state index in [0.717, 1.165) is 24.2 Å². The fourth-order valence-electron chi connectivity index (χ4n) is 3.05. The third-order valence-electron chi connectivity index (χ3n) is 4.26. The molecule has 0 fully saturated rings.